The van der Waals surface area contributed by atoms with E-state index in [4.69, 9.17) is 5.11 Å². The first-order valence-electron chi connectivity index (χ1n) is 6.04. The SMILES string of the molecule is CCCN(CC(=O)O)c1cccc(-c2nncs2)c1. The summed E-state index contributed by atoms with van der Waals surface area (Å²) >= 11 is 1.47. The van der Waals surface area contributed by atoms with Gasteiger partial charge in [-0.1, -0.05) is 30.4 Å². The van der Waals surface area contributed by atoms with E-state index in [9.17, 15) is 4.79 Å². The van der Waals surface area contributed by atoms with Crippen LogP contribution in [0.1, 0.15) is 13.3 Å². The number of benzene rings is 1. The summed E-state index contributed by atoms with van der Waals surface area (Å²) in [6.07, 6.45) is 0.899. The summed E-state index contributed by atoms with van der Waals surface area (Å²) in [5.74, 6) is -0.824. The standard InChI is InChI=1S/C13H15N3O2S/c1-2-6-16(8-12(17)18)11-5-3-4-10(7-11)13-15-14-9-19-13/h3-5,7,9H,2,6,8H2,1H3,(H,17,18). The Morgan fingerprint density at radius 3 is 2.95 bits per heavy atom. The molecule has 0 unspecified atom stereocenters. The van der Waals surface area contributed by atoms with Crippen molar-refractivity contribution in [2.24, 2.45) is 0 Å². The van der Waals surface area contributed by atoms with Gasteiger partial charge in [0.2, 0.25) is 0 Å². The molecule has 19 heavy (non-hydrogen) atoms. The average molecular weight is 277 g/mol. The molecular weight excluding hydrogens is 262 g/mol. The number of hydrogen-bond acceptors (Lipinski definition) is 5. The van der Waals surface area contributed by atoms with Crippen LogP contribution < -0.4 is 4.90 Å². The Bertz CT molecular complexity index is 543. The maximum atomic E-state index is 10.9. The Morgan fingerprint density at radius 1 is 1.47 bits per heavy atom. The van der Waals surface area contributed by atoms with E-state index in [1.54, 1.807) is 5.51 Å². The van der Waals surface area contributed by atoms with E-state index in [1.165, 1.54) is 11.3 Å². The Balaban J connectivity index is 2.27. The number of carboxylic acids is 1. The lowest BCUT2D eigenvalue weighted by molar-refractivity contribution is -0.135. The summed E-state index contributed by atoms with van der Waals surface area (Å²) in [6, 6.07) is 7.74. The first-order valence-corrected chi connectivity index (χ1v) is 6.92. The summed E-state index contributed by atoms with van der Waals surface area (Å²) in [7, 11) is 0. The molecule has 1 aromatic heterocycles. The van der Waals surface area contributed by atoms with E-state index in [1.807, 2.05) is 36.1 Å². The van der Waals surface area contributed by atoms with Crippen LogP contribution in [0.3, 0.4) is 0 Å². The molecule has 6 heteroatoms. The van der Waals surface area contributed by atoms with E-state index in [0.29, 0.717) is 6.54 Å². The van der Waals surface area contributed by atoms with Gasteiger partial charge in [0.25, 0.3) is 0 Å². The van der Waals surface area contributed by atoms with Crippen LogP contribution >= 0.6 is 11.3 Å². The zero-order chi connectivity index (χ0) is 13.7. The molecule has 0 radical (unpaired) electrons. The molecule has 2 aromatic rings. The third kappa shape index (κ3) is 3.51. The zero-order valence-electron chi connectivity index (χ0n) is 10.6. The fourth-order valence-corrected chi connectivity index (χ4v) is 2.42. The number of rotatable bonds is 6. The van der Waals surface area contributed by atoms with Crippen molar-refractivity contribution in [3.8, 4) is 10.6 Å². The summed E-state index contributed by atoms with van der Waals surface area (Å²) in [6.45, 7) is 2.75. The van der Waals surface area contributed by atoms with Crippen molar-refractivity contribution in [1.82, 2.24) is 10.2 Å². The van der Waals surface area contributed by atoms with E-state index in [-0.39, 0.29) is 6.54 Å². The molecule has 0 atom stereocenters. The molecule has 5 nitrogen and oxygen atoms in total. The largest absolute Gasteiger partial charge is 0.480 e. The van der Waals surface area contributed by atoms with Crippen LogP contribution in [0.25, 0.3) is 10.6 Å². The molecule has 0 aliphatic rings. The minimum absolute atomic E-state index is 0.00735. The Kier molecular flexibility index (Phi) is 4.46. The van der Waals surface area contributed by atoms with E-state index >= 15 is 0 Å². The third-order valence-corrected chi connectivity index (χ3v) is 3.38. The number of carbonyl (C=O) groups is 1. The van der Waals surface area contributed by atoms with Gasteiger partial charge in [-0.2, -0.15) is 0 Å². The molecule has 2 rings (SSSR count). The normalized spacial score (nSPS) is 10.4. The minimum atomic E-state index is -0.824. The van der Waals surface area contributed by atoms with Crippen LogP contribution in [0.5, 0.6) is 0 Å². The van der Waals surface area contributed by atoms with E-state index < -0.39 is 5.97 Å². The minimum Gasteiger partial charge on any atom is -0.480 e. The number of carboxylic acid groups (broad SMARTS) is 1. The summed E-state index contributed by atoms with van der Waals surface area (Å²) in [5, 5.41) is 17.7. The summed E-state index contributed by atoms with van der Waals surface area (Å²) in [5.41, 5.74) is 3.55. The Hall–Kier alpha value is -1.95. The Morgan fingerprint density at radius 2 is 2.32 bits per heavy atom. The first-order chi connectivity index (χ1) is 9.20. The molecule has 0 saturated heterocycles. The van der Waals surface area contributed by atoms with Crippen molar-refractivity contribution < 1.29 is 9.90 Å². The highest BCUT2D eigenvalue weighted by molar-refractivity contribution is 7.12. The maximum Gasteiger partial charge on any atom is 0.323 e. The fraction of sp³-hybridized carbons (Fsp3) is 0.308. The highest BCUT2D eigenvalue weighted by Crippen LogP contribution is 2.25. The summed E-state index contributed by atoms with van der Waals surface area (Å²) in [4.78, 5) is 12.8. The average Bonchev–Trinajstić information content (AvgIpc) is 2.92. The van der Waals surface area contributed by atoms with E-state index in [2.05, 4.69) is 10.2 Å². The topological polar surface area (TPSA) is 66.3 Å². The lowest BCUT2D eigenvalue weighted by Gasteiger charge is -2.22. The zero-order valence-corrected chi connectivity index (χ0v) is 11.4. The smallest absolute Gasteiger partial charge is 0.323 e. The maximum absolute atomic E-state index is 10.9. The quantitative estimate of drug-likeness (QED) is 0.878. The van der Waals surface area contributed by atoms with Crippen molar-refractivity contribution in [3.05, 3.63) is 29.8 Å². The van der Waals surface area contributed by atoms with Crippen LogP contribution in [0, 0.1) is 0 Å². The highest BCUT2D eigenvalue weighted by atomic mass is 32.1. The van der Waals surface area contributed by atoms with Crippen molar-refractivity contribution in [2.45, 2.75) is 13.3 Å². The third-order valence-electron chi connectivity index (χ3n) is 2.64. The van der Waals surface area contributed by atoms with Gasteiger partial charge in [-0.25, -0.2) is 0 Å². The molecule has 0 aliphatic heterocycles. The van der Waals surface area contributed by atoms with Crippen LogP contribution in [-0.2, 0) is 4.79 Å². The van der Waals surface area contributed by atoms with Crippen molar-refractivity contribution in [1.29, 1.82) is 0 Å². The molecule has 100 valence electrons. The summed E-state index contributed by atoms with van der Waals surface area (Å²) < 4.78 is 0. The number of hydrogen-bond donors (Lipinski definition) is 1. The molecule has 1 heterocycles. The molecule has 0 amide bonds. The second-order valence-electron chi connectivity index (χ2n) is 4.11. The van der Waals surface area contributed by atoms with Gasteiger partial charge >= 0.3 is 5.97 Å². The lowest BCUT2D eigenvalue weighted by Crippen LogP contribution is -2.30. The van der Waals surface area contributed by atoms with Crippen LogP contribution in [0.4, 0.5) is 5.69 Å². The number of aromatic nitrogens is 2. The molecule has 0 saturated carbocycles. The Labute approximate surface area is 115 Å². The lowest BCUT2D eigenvalue weighted by atomic mass is 10.2. The monoisotopic (exact) mass is 277 g/mol. The second kappa shape index (κ2) is 6.29. The predicted molar refractivity (Wildman–Crippen MR) is 75.5 cm³/mol. The predicted octanol–water partition coefficient (Wildman–Crippen LogP) is 2.51. The fourth-order valence-electron chi connectivity index (χ4n) is 1.87. The molecule has 1 aromatic carbocycles. The van der Waals surface area contributed by atoms with Crippen LogP contribution in [-0.4, -0.2) is 34.4 Å². The molecule has 0 fully saturated rings. The first kappa shape index (κ1) is 13.5. The molecule has 0 spiro atoms. The number of nitrogens with zero attached hydrogens (tertiary/aromatic N) is 3. The van der Waals surface area contributed by atoms with Gasteiger partial charge < -0.3 is 10.0 Å². The van der Waals surface area contributed by atoms with Gasteiger partial charge in [0.1, 0.15) is 17.1 Å². The number of aliphatic carboxylic acids is 1. The molecule has 0 bridgehead atoms. The molecule has 1 N–H and O–H groups in total. The van der Waals surface area contributed by atoms with Gasteiger partial charge in [-0.3, -0.25) is 4.79 Å². The molecular formula is C13H15N3O2S. The second-order valence-corrected chi connectivity index (χ2v) is 4.94. The van der Waals surface area contributed by atoms with Gasteiger partial charge in [-0.05, 0) is 18.6 Å². The van der Waals surface area contributed by atoms with Crippen molar-refractivity contribution in [2.75, 3.05) is 18.0 Å². The van der Waals surface area contributed by atoms with Gasteiger partial charge in [-0.15, -0.1) is 10.2 Å². The van der Waals surface area contributed by atoms with Crippen molar-refractivity contribution in [3.63, 3.8) is 0 Å². The van der Waals surface area contributed by atoms with E-state index in [0.717, 1.165) is 22.7 Å². The van der Waals surface area contributed by atoms with Crippen LogP contribution in [0.2, 0.25) is 0 Å². The number of anilines is 1. The molecule has 0 aliphatic carbocycles. The van der Waals surface area contributed by atoms with Crippen molar-refractivity contribution >= 4 is 23.0 Å². The van der Waals surface area contributed by atoms with Gasteiger partial charge in [0.05, 0.1) is 0 Å². The van der Waals surface area contributed by atoms with Crippen LogP contribution in [0.15, 0.2) is 29.8 Å². The van der Waals surface area contributed by atoms with Gasteiger partial charge in [0.15, 0.2) is 0 Å². The van der Waals surface area contributed by atoms with Gasteiger partial charge in [0, 0.05) is 17.8 Å². The highest BCUT2D eigenvalue weighted by Gasteiger charge is 2.11.